The molecule has 1 saturated heterocycles. The highest BCUT2D eigenvalue weighted by molar-refractivity contribution is 6.30. The summed E-state index contributed by atoms with van der Waals surface area (Å²) in [6, 6.07) is 7.72. The van der Waals surface area contributed by atoms with Crippen LogP contribution in [-0.2, 0) is 6.18 Å². The van der Waals surface area contributed by atoms with Crippen LogP contribution >= 0.6 is 23.2 Å². The van der Waals surface area contributed by atoms with E-state index in [4.69, 9.17) is 23.2 Å². The Bertz CT molecular complexity index is 1480. The first-order valence-electron chi connectivity index (χ1n) is 12.3. The topological polar surface area (TPSA) is 96.9 Å². The summed E-state index contributed by atoms with van der Waals surface area (Å²) in [6.45, 7) is 8.58. The van der Waals surface area contributed by atoms with Gasteiger partial charge in [0.25, 0.3) is 5.91 Å². The molecule has 2 heterocycles. The number of piperazine rings is 1. The van der Waals surface area contributed by atoms with Crippen LogP contribution < -0.4 is 10.2 Å². The van der Waals surface area contributed by atoms with Crippen LogP contribution in [0, 0.1) is 0 Å². The lowest BCUT2D eigenvalue weighted by Crippen LogP contribution is -2.51. The SMILES string of the molecule is C=C(C=N/C(=C(\C)Cl)N1CCN(c2nc3c(NC(=O)c4ccc(Cl)cc4)cc(C(F)(F)F)cc3[nH]2)[C@H](C)C1)CO. The summed E-state index contributed by atoms with van der Waals surface area (Å²) in [5, 5.41) is 12.7. The molecule has 1 aliphatic heterocycles. The van der Waals surface area contributed by atoms with Crippen molar-refractivity contribution >= 4 is 58.0 Å². The molecule has 1 aliphatic rings. The molecule has 0 radical (unpaired) electrons. The summed E-state index contributed by atoms with van der Waals surface area (Å²) in [6.07, 6.45) is -3.18. The number of hydrogen-bond donors (Lipinski definition) is 3. The molecule has 0 spiro atoms. The number of carbonyl (C=O) groups is 1. The minimum atomic E-state index is -4.64. The molecular weight excluding hydrogens is 568 g/mol. The number of aliphatic hydroxyl groups is 1. The highest BCUT2D eigenvalue weighted by Crippen LogP contribution is 2.36. The maximum Gasteiger partial charge on any atom is 0.416 e. The van der Waals surface area contributed by atoms with E-state index < -0.39 is 17.6 Å². The van der Waals surface area contributed by atoms with Gasteiger partial charge in [0.2, 0.25) is 5.95 Å². The Morgan fingerprint density at radius 2 is 2.00 bits per heavy atom. The van der Waals surface area contributed by atoms with E-state index in [1.54, 1.807) is 6.92 Å². The summed E-state index contributed by atoms with van der Waals surface area (Å²) >= 11 is 12.2. The number of benzene rings is 2. The summed E-state index contributed by atoms with van der Waals surface area (Å²) in [5.41, 5.74) is 0.00858. The number of aromatic nitrogens is 2. The van der Waals surface area contributed by atoms with Gasteiger partial charge in [-0.1, -0.05) is 29.8 Å². The maximum atomic E-state index is 13.7. The molecule has 1 fully saturated rings. The quantitative estimate of drug-likeness (QED) is 0.290. The lowest BCUT2D eigenvalue weighted by atomic mass is 10.1. The fraction of sp³-hybridized carbons (Fsp3) is 0.296. The molecular formula is C27H27Cl2F3N6O2. The molecule has 1 atom stereocenters. The van der Waals surface area contributed by atoms with Crippen LogP contribution in [0.25, 0.3) is 11.0 Å². The van der Waals surface area contributed by atoms with E-state index in [9.17, 15) is 23.1 Å². The summed E-state index contributed by atoms with van der Waals surface area (Å²) in [5.74, 6) is 0.312. The fourth-order valence-corrected chi connectivity index (χ4v) is 4.64. The molecule has 8 nitrogen and oxygen atoms in total. The smallest absolute Gasteiger partial charge is 0.392 e. The number of aromatic amines is 1. The Morgan fingerprint density at radius 1 is 1.30 bits per heavy atom. The molecule has 3 N–H and O–H groups in total. The van der Waals surface area contributed by atoms with Gasteiger partial charge in [-0.2, -0.15) is 13.2 Å². The number of allylic oxidation sites excluding steroid dienone is 1. The highest BCUT2D eigenvalue weighted by atomic mass is 35.5. The van der Waals surface area contributed by atoms with Crippen molar-refractivity contribution in [1.29, 1.82) is 0 Å². The average Bonchev–Trinajstić information content (AvgIpc) is 3.32. The zero-order valence-electron chi connectivity index (χ0n) is 21.7. The van der Waals surface area contributed by atoms with Crippen LogP contribution in [0.5, 0.6) is 0 Å². The molecule has 3 aromatic rings. The number of hydrogen-bond acceptors (Lipinski definition) is 6. The van der Waals surface area contributed by atoms with Crippen LogP contribution in [-0.4, -0.2) is 64.4 Å². The molecule has 0 bridgehead atoms. The molecule has 0 unspecified atom stereocenters. The van der Waals surface area contributed by atoms with Crippen molar-refractivity contribution in [3.63, 3.8) is 0 Å². The molecule has 1 amide bonds. The van der Waals surface area contributed by atoms with Crippen LogP contribution in [0.1, 0.15) is 29.8 Å². The number of halogens is 5. The van der Waals surface area contributed by atoms with Gasteiger partial charge in [-0.05, 0) is 55.8 Å². The number of alkyl halides is 3. The predicted octanol–water partition coefficient (Wildman–Crippen LogP) is 6.05. The predicted molar refractivity (Wildman–Crippen MR) is 152 cm³/mol. The fourth-order valence-electron chi connectivity index (χ4n) is 4.34. The number of aliphatic hydroxyl groups excluding tert-OH is 1. The first kappa shape index (κ1) is 29.4. The second kappa shape index (κ2) is 11.9. The van der Waals surface area contributed by atoms with Crippen molar-refractivity contribution in [1.82, 2.24) is 14.9 Å². The summed E-state index contributed by atoms with van der Waals surface area (Å²) in [7, 11) is 0. The zero-order chi connectivity index (χ0) is 29.2. The number of nitrogens with zero attached hydrogens (tertiary/aromatic N) is 4. The van der Waals surface area contributed by atoms with Crippen LogP contribution in [0.2, 0.25) is 5.02 Å². The van der Waals surface area contributed by atoms with Gasteiger partial charge in [-0.3, -0.25) is 4.79 Å². The van der Waals surface area contributed by atoms with Gasteiger partial charge < -0.3 is 25.2 Å². The minimum Gasteiger partial charge on any atom is -0.392 e. The normalized spacial score (nSPS) is 16.9. The number of imidazole rings is 1. The largest absolute Gasteiger partial charge is 0.416 e. The van der Waals surface area contributed by atoms with Crippen LogP contribution in [0.15, 0.2) is 64.4 Å². The van der Waals surface area contributed by atoms with E-state index in [1.165, 1.54) is 30.5 Å². The molecule has 0 aliphatic carbocycles. The molecule has 13 heteroatoms. The number of anilines is 2. The van der Waals surface area contributed by atoms with Crippen molar-refractivity contribution in [2.45, 2.75) is 26.1 Å². The third-order valence-electron chi connectivity index (χ3n) is 6.34. The number of aliphatic imine (C=N–C) groups is 1. The maximum absolute atomic E-state index is 13.7. The Balaban J connectivity index is 1.63. The minimum absolute atomic E-state index is 0.0694. The van der Waals surface area contributed by atoms with Crippen molar-refractivity contribution in [3.8, 4) is 0 Å². The molecule has 1 aromatic heterocycles. The lowest BCUT2D eigenvalue weighted by Gasteiger charge is -2.41. The van der Waals surface area contributed by atoms with Gasteiger partial charge in [0.15, 0.2) is 0 Å². The summed E-state index contributed by atoms with van der Waals surface area (Å²) in [4.78, 5) is 28.7. The third-order valence-corrected chi connectivity index (χ3v) is 6.76. The Kier molecular flexibility index (Phi) is 8.77. The van der Waals surface area contributed by atoms with E-state index in [2.05, 4.69) is 26.9 Å². The number of H-pyrrole nitrogens is 1. The number of fused-ring (bicyclic) bond motifs is 1. The summed E-state index contributed by atoms with van der Waals surface area (Å²) < 4.78 is 41.2. The first-order valence-corrected chi connectivity index (χ1v) is 13.0. The van der Waals surface area contributed by atoms with Gasteiger partial charge in [0.05, 0.1) is 28.4 Å². The standard InChI is InChI=1S/C27H27Cl2F3N6O2/c1-15(14-39)12-33-24(17(3)28)37-8-9-38(16(2)13-37)26-35-22-11-19(27(30,31)32)10-21(23(22)36-26)34-25(40)18-4-6-20(29)7-5-18/h4-7,10-12,16,39H,1,8-9,13-14H2,2-3H3,(H,34,40)(H,35,36)/b24-17-,33-12?/t16-/m1/s1. The highest BCUT2D eigenvalue weighted by Gasteiger charge is 2.33. The van der Waals surface area contributed by atoms with Crippen molar-refractivity contribution in [2.24, 2.45) is 4.99 Å². The number of carbonyl (C=O) groups excluding carboxylic acids is 1. The van der Waals surface area contributed by atoms with Crippen LogP contribution in [0.4, 0.5) is 24.8 Å². The monoisotopic (exact) mass is 594 g/mol. The zero-order valence-corrected chi connectivity index (χ0v) is 23.2. The molecule has 40 heavy (non-hydrogen) atoms. The Morgan fingerprint density at radius 3 is 2.60 bits per heavy atom. The number of rotatable bonds is 7. The van der Waals surface area contributed by atoms with Crippen molar-refractivity contribution in [3.05, 3.63) is 75.6 Å². The van der Waals surface area contributed by atoms with E-state index in [1.807, 2.05) is 16.7 Å². The van der Waals surface area contributed by atoms with Gasteiger partial charge >= 0.3 is 6.18 Å². The molecule has 0 saturated carbocycles. The van der Waals surface area contributed by atoms with Crippen molar-refractivity contribution < 1.29 is 23.1 Å². The van der Waals surface area contributed by atoms with E-state index in [0.29, 0.717) is 47.0 Å². The van der Waals surface area contributed by atoms with E-state index in [-0.39, 0.29) is 34.9 Å². The number of amides is 1. The van der Waals surface area contributed by atoms with Gasteiger partial charge in [0, 0.05) is 42.5 Å². The van der Waals surface area contributed by atoms with Gasteiger partial charge in [-0.15, -0.1) is 0 Å². The Hall–Kier alpha value is -3.54. The molecule has 2 aromatic carbocycles. The second-order valence-corrected chi connectivity index (χ2v) is 10.4. The van der Waals surface area contributed by atoms with Gasteiger partial charge in [-0.25, -0.2) is 9.98 Å². The van der Waals surface area contributed by atoms with Gasteiger partial charge in [0.1, 0.15) is 11.3 Å². The van der Waals surface area contributed by atoms with Crippen molar-refractivity contribution in [2.75, 3.05) is 36.5 Å². The number of nitrogens with one attached hydrogen (secondary N) is 2. The van der Waals surface area contributed by atoms with E-state index >= 15 is 0 Å². The molecule has 4 rings (SSSR count). The molecule has 212 valence electrons. The average molecular weight is 595 g/mol. The third kappa shape index (κ3) is 6.60. The van der Waals surface area contributed by atoms with Crippen LogP contribution in [0.3, 0.4) is 0 Å². The first-order chi connectivity index (χ1) is 18.9. The second-order valence-electron chi connectivity index (χ2n) is 9.36. The van der Waals surface area contributed by atoms with E-state index in [0.717, 1.165) is 12.1 Å². The Labute approximate surface area is 238 Å². The lowest BCUT2D eigenvalue weighted by molar-refractivity contribution is -0.137.